The molecule has 5 saturated carbocycles. The maximum absolute atomic E-state index is 13.7. The minimum Gasteiger partial charge on any atom is -0.481 e. The van der Waals surface area contributed by atoms with Crippen LogP contribution in [0, 0.1) is 56.2 Å². The molecule has 1 heterocycles. The van der Waals surface area contributed by atoms with Crippen LogP contribution in [0.2, 0.25) is 0 Å². The summed E-state index contributed by atoms with van der Waals surface area (Å²) < 4.78 is 6.26. The summed E-state index contributed by atoms with van der Waals surface area (Å²) in [5, 5.41) is 9.30. The highest BCUT2D eigenvalue weighted by atomic mass is 16.5. The number of amides is 1. The molecule has 9 atom stereocenters. The van der Waals surface area contributed by atoms with Crippen LogP contribution >= 0.6 is 0 Å². The van der Waals surface area contributed by atoms with E-state index >= 15 is 0 Å². The van der Waals surface area contributed by atoms with Gasteiger partial charge in [0.1, 0.15) is 6.10 Å². The Hall–Kier alpha value is -1.59. The highest BCUT2D eigenvalue weighted by molar-refractivity contribution is 5.77. The number of carbonyl (C=O) groups excluding carboxylic acids is 2. The summed E-state index contributed by atoms with van der Waals surface area (Å²) in [4.78, 5) is 40.4. The zero-order valence-electron chi connectivity index (χ0n) is 30.3. The molecule has 1 N–H and O–H groups in total. The van der Waals surface area contributed by atoms with E-state index in [2.05, 4.69) is 39.5 Å². The molecule has 260 valence electrons. The third-order valence-corrected chi connectivity index (χ3v) is 16.2. The van der Waals surface area contributed by atoms with Crippen molar-refractivity contribution in [2.24, 2.45) is 56.2 Å². The van der Waals surface area contributed by atoms with Crippen molar-refractivity contribution in [2.45, 2.75) is 164 Å². The molecule has 0 aromatic carbocycles. The minimum atomic E-state index is -0.872. The standard InChI is InChI=1S/C40H65NO5/c1-35(2,25-33(43)44)26-34(45)46-31-16-18-37(5)29(36(31,3)4)15-19-39(7)30(37)14-13-27-28-12-11-17-40(28,21-20-38(27,39)6)24-32(42)41-22-9-8-10-23-41/h27-31H,8-26H2,1-7H3,(H,43,44)/t27-,28-,29?,30?,31+,37+,38-,39-,40-/m1/s1. The van der Waals surface area contributed by atoms with E-state index in [1.807, 2.05) is 13.8 Å². The summed E-state index contributed by atoms with van der Waals surface area (Å²) in [7, 11) is 0. The van der Waals surface area contributed by atoms with Gasteiger partial charge < -0.3 is 14.7 Å². The fourth-order valence-electron chi connectivity index (χ4n) is 13.8. The minimum absolute atomic E-state index is 0.0341. The normalized spacial score (nSPS) is 43.5. The molecule has 46 heavy (non-hydrogen) atoms. The number of aliphatic carboxylic acids is 1. The Labute approximate surface area is 279 Å². The first-order valence-corrected chi connectivity index (χ1v) is 19.2. The second-order valence-electron chi connectivity index (χ2n) is 19.4. The number of hydrogen-bond acceptors (Lipinski definition) is 4. The second kappa shape index (κ2) is 11.8. The van der Waals surface area contributed by atoms with Gasteiger partial charge in [0.05, 0.1) is 12.8 Å². The molecule has 1 aliphatic heterocycles. The molecule has 0 bridgehead atoms. The van der Waals surface area contributed by atoms with Gasteiger partial charge in [-0.1, -0.05) is 54.9 Å². The fourth-order valence-corrected chi connectivity index (χ4v) is 13.8. The van der Waals surface area contributed by atoms with E-state index in [0.29, 0.717) is 29.1 Å². The number of ether oxygens (including phenoxy) is 1. The summed E-state index contributed by atoms with van der Waals surface area (Å²) >= 11 is 0. The quantitative estimate of drug-likeness (QED) is 0.281. The van der Waals surface area contributed by atoms with Gasteiger partial charge in [-0.05, 0) is 134 Å². The van der Waals surface area contributed by atoms with Gasteiger partial charge in [-0.15, -0.1) is 0 Å². The Bertz CT molecular complexity index is 1200. The first-order valence-electron chi connectivity index (χ1n) is 19.2. The van der Waals surface area contributed by atoms with E-state index in [1.54, 1.807) is 0 Å². The number of rotatable bonds is 7. The number of esters is 1. The summed E-state index contributed by atoms with van der Waals surface area (Å²) in [6.07, 6.45) is 17.8. The van der Waals surface area contributed by atoms with Crippen molar-refractivity contribution in [3.05, 3.63) is 0 Å². The van der Waals surface area contributed by atoms with Gasteiger partial charge in [0.25, 0.3) is 0 Å². The third-order valence-electron chi connectivity index (χ3n) is 16.2. The Morgan fingerprint density at radius 2 is 1.46 bits per heavy atom. The van der Waals surface area contributed by atoms with E-state index in [0.717, 1.165) is 38.3 Å². The molecule has 0 aromatic heterocycles. The zero-order valence-corrected chi connectivity index (χ0v) is 30.3. The largest absolute Gasteiger partial charge is 0.481 e. The average Bonchev–Trinajstić information content (AvgIpc) is 3.38. The van der Waals surface area contributed by atoms with Crippen LogP contribution in [0.25, 0.3) is 0 Å². The van der Waals surface area contributed by atoms with Crippen LogP contribution in [0.1, 0.15) is 158 Å². The fraction of sp³-hybridized carbons (Fsp3) is 0.925. The topological polar surface area (TPSA) is 83.9 Å². The van der Waals surface area contributed by atoms with Gasteiger partial charge >= 0.3 is 11.9 Å². The molecule has 1 saturated heterocycles. The number of fused-ring (bicyclic) bond motifs is 7. The molecular weight excluding hydrogens is 574 g/mol. The molecule has 6 rings (SSSR count). The zero-order chi connectivity index (χ0) is 33.3. The van der Waals surface area contributed by atoms with Crippen molar-refractivity contribution in [3.8, 4) is 0 Å². The molecule has 6 fully saturated rings. The van der Waals surface area contributed by atoms with Gasteiger partial charge in [-0.25, -0.2) is 0 Å². The Kier molecular flexibility index (Phi) is 8.78. The van der Waals surface area contributed by atoms with E-state index in [9.17, 15) is 19.5 Å². The summed E-state index contributed by atoms with van der Waals surface area (Å²) in [6, 6.07) is 0. The lowest BCUT2D eigenvalue weighted by Crippen LogP contribution is -2.66. The lowest BCUT2D eigenvalue weighted by molar-refractivity contribution is -0.248. The first-order chi connectivity index (χ1) is 21.5. The number of carboxylic acids is 1. The number of hydrogen-bond donors (Lipinski definition) is 1. The predicted octanol–water partition coefficient (Wildman–Crippen LogP) is 9.05. The molecule has 6 aliphatic rings. The molecule has 5 aliphatic carbocycles. The summed E-state index contributed by atoms with van der Waals surface area (Å²) in [6.45, 7) is 18.3. The van der Waals surface area contributed by atoms with Crippen molar-refractivity contribution in [1.82, 2.24) is 4.90 Å². The van der Waals surface area contributed by atoms with Crippen molar-refractivity contribution in [3.63, 3.8) is 0 Å². The highest BCUT2D eigenvalue weighted by Gasteiger charge is 2.70. The van der Waals surface area contributed by atoms with Crippen molar-refractivity contribution < 1.29 is 24.2 Å². The van der Waals surface area contributed by atoms with Crippen LogP contribution in [-0.4, -0.2) is 47.0 Å². The third kappa shape index (κ3) is 5.46. The van der Waals surface area contributed by atoms with Gasteiger partial charge in [0.2, 0.25) is 5.91 Å². The molecular formula is C40H65NO5. The lowest BCUT2D eigenvalue weighted by atomic mass is 9.32. The predicted molar refractivity (Wildman–Crippen MR) is 181 cm³/mol. The Morgan fingerprint density at radius 3 is 2.15 bits per heavy atom. The molecule has 2 unspecified atom stereocenters. The number of piperidine rings is 1. The van der Waals surface area contributed by atoms with Gasteiger partial charge in [-0.2, -0.15) is 0 Å². The maximum atomic E-state index is 13.7. The SMILES string of the molecule is CC(C)(CC(=O)O)CC(=O)O[C@H]1CC[C@@]2(C)C(CC[C@]3(C)C2CC[C@@H]2[C@H]4CCC[C@]4(CC(=O)N4CCCCC4)CC[C@]23C)C1(C)C. The van der Waals surface area contributed by atoms with Crippen LogP contribution in [-0.2, 0) is 19.1 Å². The number of carboxylic acid groups (broad SMARTS) is 1. The summed E-state index contributed by atoms with van der Waals surface area (Å²) in [5.41, 5.74) is 0.290. The second-order valence-corrected chi connectivity index (χ2v) is 19.4. The van der Waals surface area contributed by atoms with Gasteiger partial charge in [0, 0.05) is 24.9 Å². The van der Waals surface area contributed by atoms with E-state index < -0.39 is 11.4 Å². The lowest BCUT2D eigenvalue weighted by Gasteiger charge is -2.72. The smallest absolute Gasteiger partial charge is 0.306 e. The maximum Gasteiger partial charge on any atom is 0.306 e. The van der Waals surface area contributed by atoms with Crippen molar-refractivity contribution >= 4 is 17.8 Å². The van der Waals surface area contributed by atoms with Crippen LogP contribution < -0.4 is 0 Å². The van der Waals surface area contributed by atoms with Crippen molar-refractivity contribution in [2.75, 3.05) is 13.1 Å². The highest BCUT2D eigenvalue weighted by Crippen LogP contribution is 2.77. The first kappa shape index (κ1) is 34.3. The number of nitrogens with zero attached hydrogens (tertiary/aromatic N) is 1. The molecule has 0 radical (unpaired) electrons. The van der Waals surface area contributed by atoms with E-state index in [1.165, 1.54) is 77.0 Å². The van der Waals surface area contributed by atoms with E-state index in [-0.39, 0.29) is 46.6 Å². The average molecular weight is 640 g/mol. The van der Waals surface area contributed by atoms with E-state index in [4.69, 9.17) is 4.74 Å². The number of likely N-dealkylation sites (tertiary alicyclic amines) is 1. The van der Waals surface area contributed by atoms with Gasteiger partial charge in [0.15, 0.2) is 0 Å². The monoisotopic (exact) mass is 639 g/mol. The molecule has 0 spiro atoms. The van der Waals surface area contributed by atoms with Crippen molar-refractivity contribution in [1.29, 1.82) is 0 Å². The molecule has 1 amide bonds. The molecule has 6 nitrogen and oxygen atoms in total. The summed E-state index contributed by atoms with van der Waals surface area (Å²) in [5.74, 6) is 1.90. The van der Waals surface area contributed by atoms with Crippen LogP contribution in [0.3, 0.4) is 0 Å². The molecule has 6 heteroatoms. The molecule has 0 aromatic rings. The van der Waals surface area contributed by atoms with Crippen LogP contribution in [0.15, 0.2) is 0 Å². The van der Waals surface area contributed by atoms with Crippen LogP contribution in [0.5, 0.6) is 0 Å². The van der Waals surface area contributed by atoms with Crippen LogP contribution in [0.4, 0.5) is 0 Å². The Morgan fingerprint density at radius 1 is 0.739 bits per heavy atom. The van der Waals surface area contributed by atoms with Gasteiger partial charge in [-0.3, -0.25) is 14.4 Å². The number of carbonyl (C=O) groups is 3. The Balaban J connectivity index is 1.18.